The monoisotopic (exact) mass is 603 g/mol. The van der Waals surface area contributed by atoms with E-state index in [1.807, 2.05) is 18.2 Å². The van der Waals surface area contributed by atoms with E-state index in [1.165, 1.54) is 31.4 Å². The Balaban J connectivity index is 1.15. The largest absolute Gasteiger partial charge is 0.385 e. The Kier molecular flexibility index (Phi) is 9.52. The second-order valence-corrected chi connectivity index (χ2v) is 11.4. The molecule has 0 saturated heterocycles. The van der Waals surface area contributed by atoms with E-state index in [1.54, 1.807) is 54.7 Å². The number of benzene rings is 3. The number of methoxy groups -OCH3 is 1. The van der Waals surface area contributed by atoms with Crippen molar-refractivity contribution in [2.24, 2.45) is 0 Å². The van der Waals surface area contributed by atoms with E-state index in [4.69, 9.17) is 9.26 Å². The third-order valence-corrected chi connectivity index (χ3v) is 8.06. The minimum Gasteiger partial charge on any atom is -0.385 e. The Morgan fingerprint density at radius 1 is 0.977 bits per heavy atom. The fourth-order valence-electron chi connectivity index (χ4n) is 4.36. The van der Waals surface area contributed by atoms with Crippen molar-refractivity contribution in [1.82, 2.24) is 20.4 Å². The van der Waals surface area contributed by atoms with Crippen LogP contribution in [0.2, 0.25) is 0 Å². The molecule has 12 heteroatoms. The van der Waals surface area contributed by atoms with Gasteiger partial charge >= 0.3 is 0 Å². The Bertz CT molecular complexity index is 1720. The predicted octanol–water partition coefficient (Wildman–Crippen LogP) is 4.67. The lowest BCUT2D eigenvalue weighted by Gasteiger charge is -2.12. The molecule has 3 aromatic carbocycles. The first-order chi connectivity index (χ1) is 20.8. The fraction of sp³-hybridized carbons (Fsp3) is 0.194. The zero-order valence-corrected chi connectivity index (χ0v) is 24.0. The lowest BCUT2D eigenvalue weighted by Crippen LogP contribution is -2.24. The van der Waals surface area contributed by atoms with Crippen molar-refractivity contribution in [2.75, 3.05) is 24.9 Å². The van der Waals surface area contributed by atoms with Crippen LogP contribution in [-0.4, -0.2) is 48.8 Å². The molecule has 0 amide bonds. The van der Waals surface area contributed by atoms with Crippen LogP contribution in [-0.2, 0) is 21.2 Å². The molecule has 3 N–H and O–H groups in total. The number of nitrogens with one attached hydrogen (secondary N) is 2. The van der Waals surface area contributed by atoms with Crippen LogP contribution >= 0.6 is 0 Å². The topological polar surface area (TPSA) is 139 Å². The van der Waals surface area contributed by atoms with E-state index in [-0.39, 0.29) is 22.4 Å². The summed E-state index contributed by atoms with van der Waals surface area (Å²) < 4.78 is 52.7. The maximum Gasteiger partial charge on any atom is 0.261 e. The molecule has 0 saturated carbocycles. The number of sulfonamides is 1. The van der Waals surface area contributed by atoms with Gasteiger partial charge in [0.25, 0.3) is 15.9 Å². The summed E-state index contributed by atoms with van der Waals surface area (Å²) in [5, 5.41) is 17.4. The van der Waals surface area contributed by atoms with E-state index in [9.17, 15) is 17.9 Å². The van der Waals surface area contributed by atoms with Crippen LogP contribution in [0.3, 0.4) is 0 Å². The van der Waals surface area contributed by atoms with Crippen molar-refractivity contribution in [3.05, 3.63) is 126 Å². The van der Waals surface area contributed by atoms with Gasteiger partial charge in [-0.2, -0.15) is 4.98 Å². The Morgan fingerprint density at radius 2 is 1.72 bits per heavy atom. The summed E-state index contributed by atoms with van der Waals surface area (Å²) in [5.41, 5.74) is 3.26. The summed E-state index contributed by atoms with van der Waals surface area (Å²) in [7, 11) is -2.36. The van der Waals surface area contributed by atoms with Crippen LogP contribution < -0.4 is 10.0 Å². The Labute approximate surface area is 248 Å². The van der Waals surface area contributed by atoms with E-state index in [0.717, 1.165) is 5.56 Å². The van der Waals surface area contributed by atoms with Crippen molar-refractivity contribution >= 4 is 15.7 Å². The zero-order chi connectivity index (χ0) is 30.2. The number of aromatic nitrogens is 3. The molecule has 0 radical (unpaired) electrons. The molecule has 0 spiro atoms. The molecule has 5 rings (SSSR count). The molecule has 1 unspecified atom stereocenters. The summed E-state index contributed by atoms with van der Waals surface area (Å²) in [6.07, 6.45) is 0.980. The van der Waals surface area contributed by atoms with Gasteiger partial charge in [-0.25, -0.2) is 12.8 Å². The van der Waals surface area contributed by atoms with Gasteiger partial charge in [-0.3, -0.25) is 9.71 Å². The Morgan fingerprint density at radius 3 is 2.40 bits per heavy atom. The third kappa shape index (κ3) is 7.67. The summed E-state index contributed by atoms with van der Waals surface area (Å²) >= 11 is 0. The summed E-state index contributed by atoms with van der Waals surface area (Å²) in [5.74, 6) is 0.0706. The number of aliphatic hydroxyl groups excluding tert-OH is 1. The van der Waals surface area contributed by atoms with Crippen molar-refractivity contribution in [1.29, 1.82) is 0 Å². The maximum atomic E-state index is 13.3. The molecule has 0 aliphatic heterocycles. The summed E-state index contributed by atoms with van der Waals surface area (Å²) in [4.78, 5) is 8.60. The highest BCUT2D eigenvalue weighted by molar-refractivity contribution is 7.92. The predicted molar refractivity (Wildman–Crippen MR) is 158 cm³/mol. The van der Waals surface area contributed by atoms with Gasteiger partial charge in [-0.05, 0) is 84.8 Å². The first kappa shape index (κ1) is 30.0. The number of halogens is 1. The molecule has 5 aromatic rings. The average Bonchev–Trinajstić information content (AvgIpc) is 3.51. The molecule has 0 aliphatic rings. The van der Waals surface area contributed by atoms with Gasteiger partial charge in [-0.15, -0.1) is 0 Å². The van der Waals surface area contributed by atoms with Crippen molar-refractivity contribution < 1.29 is 27.2 Å². The molecule has 10 nitrogen and oxygen atoms in total. The minimum absolute atomic E-state index is 0.0702. The SMILES string of the molecule is CO[C@H](c1ccc(F)cc1)c1nc(-c2ccc(S(=O)(=O)Nc3ccc(CCNCC(O)c4ccccn4)cc3)cc2)no1. The molecule has 0 bridgehead atoms. The first-order valence-corrected chi connectivity index (χ1v) is 14.9. The van der Waals surface area contributed by atoms with Crippen molar-refractivity contribution in [2.45, 2.75) is 23.5 Å². The van der Waals surface area contributed by atoms with Crippen molar-refractivity contribution in [3.63, 3.8) is 0 Å². The quantitative estimate of drug-likeness (QED) is 0.164. The van der Waals surface area contributed by atoms with E-state index in [2.05, 4.69) is 25.2 Å². The van der Waals surface area contributed by atoms with Crippen LogP contribution in [0.25, 0.3) is 11.4 Å². The molecular weight excluding hydrogens is 573 g/mol. The highest BCUT2D eigenvalue weighted by Gasteiger charge is 2.22. The van der Waals surface area contributed by atoms with Gasteiger partial charge in [-0.1, -0.05) is 35.5 Å². The average molecular weight is 604 g/mol. The highest BCUT2D eigenvalue weighted by atomic mass is 32.2. The van der Waals surface area contributed by atoms with Gasteiger partial charge in [0.15, 0.2) is 6.10 Å². The number of hydrogen-bond acceptors (Lipinski definition) is 9. The van der Waals surface area contributed by atoms with Crippen LogP contribution in [0.5, 0.6) is 0 Å². The molecule has 2 atom stereocenters. The van der Waals surface area contributed by atoms with Crippen LogP contribution in [0.15, 0.2) is 107 Å². The van der Waals surface area contributed by atoms with Gasteiger partial charge < -0.3 is 19.7 Å². The standard InChI is InChI=1S/C31H30FN5O5S/c1-41-29(22-7-11-24(32)12-8-22)31-35-30(36-42-31)23-9-15-26(16-10-23)43(39,40)37-25-13-5-21(6-14-25)17-19-33-20-28(38)27-4-2-3-18-34-27/h2-16,18,28-29,33,37-38H,17,19-20H2,1H3/t28?,29-/m1/s1. The van der Waals surface area contributed by atoms with Gasteiger partial charge in [0.05, 0.1) is 10.6 Å². The smallest absolute Gasteiger partial charge is 0.261 e. The third-order valence-electron chi connectivity index (χ3n) is 6.66. The Hall–Kier alpha value is -4.49. The lowest BCUT2D eigenvalue weighted by atomic mass is 10.1. The van der Waals surface area contributed by atoms with E-state index >= 15 is 0 Å². The van der Waals surface area contributed by atoms with E-state index in [0.29, 0.717) is 42.0 Å². The van der Waals surface area contributed by atoms with Gasteiger partial charge in [0.2, 0.25) is 5.82 Å². The van der Waals surface area contributed by atoms with E-state index < -0.39 is 22.2 Å². The minimum atomic E-state index is -3.84. The number of rotatable bonds is 13. The zero-order valence-electron chi connectivity index (χ0n) is 23.2. The molecule has 0 fully saturated rings. The molecule has 43 heavy (non-hydrogen) atoms. The second kappa shape index (κ2) is 13.7. The van der Waals surface area contributed by atoms with Crippen LogP contribution in [0.1, 0.15) is 34.9 Å². The number of nitrogens with zero attached hydrogens (tertiary/aromatic N) is 3. The summed E-state index contributed by atoms with van der Waals surface area (Å²) in [6.45, 7) is 1.02. The van der Waals surface area contributed by atoms with Crippen molar-refractivity contribution in [3.8, 4) is 11.4 Å². The molecular formula is C31H30FN5O5S. The number of pyridine rings is 1. The van der Waals surface area contributed by atoms with Crippen LogP contribution in [0, 0.1) is 5.82 Å². The molecule has 2 aromatic heterocycles. The normalized spacial score (nSPS) is 13.0. The maximum absolute atomic E-state index is 13.3. The second-order valence-electron chi connectivity index (χ2n) is 9.67. The van der Waals surface area contributed by atoms with Gasteiger partial charge in [0, 0.05) is 31.1 Å². The number of ether oxygens (including phenoxy) is 1. The number of hydrogen-bond donors (Lipinski definition) is 3. The lowest BCUT2D eigenvalue weighted by molar-refractivity contribution is 0.105. The van der Waals surface area contributed by atoms with Crippen LogP contribution in [0.4, 0.5) is 10.1 Å². The fourth-order valence-corrected chi connectivity index (χ4v) is 5.42. The summed E-state index contributed by atoms with van der Waals surface area (Å²) in [6, 6.07) is 24.4. The number of anilines is 1. The molecule has 2 heterocycles. The number of aliphatic hydroxyl groups is 1. The molecule has 0 aliphatic carbocycles. The van der Waals surface area contributed by atoms with Gasteiger partial charge in [0.1, 0.15) is 11.9 Å². The highest BCUT2D eigenvalue weighted by Crippen LogP contribution is 2.27. The molecule has 222 valence electrons. The first-order valence-electron chi connectivity index (χ1n) is 13.5.